The first kappa shape index (κ1) is 30.8. The predicted molar refractivity (Wildman–Crippen MR) is 170 cm³/mol. The molecule has 3 heterocycles. The number of benzene rings is 3. The predicted octanol–water partition coefficient (Wildman–Crippen LogP) is 5.41. The van der Waals surface area contributed by atoms with Gasteiger partial charge in [-0.2, -0.15) is 4.31 Å². The van der Waals surface area contributed by atoms with Crippen molar-refractivity contribution in [3.63, 3.8) is 0 Å². The molecule has 8 nitrogen and oxygen atoms in total. The molecule has 11 heteroatoms. The maximum Gasteiger partial charge on any atom is 0.243 e. The van der Waals surface area contributed by atoms with Crippen LogP contribution in [0.15, 0.2) is 83.8 Å². The average Bonchev–Trinajstić information content (AvgIpc) is 3.56. The van der Waals surface area contributed by atoms with Crippen molar-refractivity contribution in [2.45, 2.75) is 43.5 Å². The molecule has 0 saturated carbocycles. The Kier molecular flexibility index (Phi) is 8.91. The van der Waals surface area contributed by atoms with Crippen LogP contribution in [0.1, 0.15) is 30.5 Å². The highest BCUT2D eigenvalue weighted by molar-refractivity contribution is 7.89. The normalized spacial score (nSPS) is 17.5. The summed E-state index contributed by atoms with van der Waals surface area (Å²) in [6.07, 6.45) is 1.45. The van der Waals surface area contributed by atoms with E-state index in [1.165, 1.54) is 22.5 Å². The molecule has 3 aromatic carbocycles. The number of aryl methyl sites for hydroxylation is 2. The maximum absolute atomic E-state index is 14.4. The summed E-state index contributed by atoms with van der Waals surface area (Å²) < 4.78 is 55.7. The third-order valence-corrected chi connectivity index (χ3v) is 10.5. The molecule has 234 valence electrons. The maximum atomic E-state index is 14.4. The van der Waals surface area contributed by atoms with E-state index in [0.717, 1.165) is 29.0 Å². The zero-order valence-corrected chi connectivity index (χ0v) is 25.9. The van der Waals surface area contributed by atoms with E-state index in [0.29, 0.717) is 62.8 Å². The molecule has 6 rings (SSSR count). The van der Waals surface area contributed by atoms with Crippen LogP contribution in [0.5, 0.6) is 0 Å². The van der Waals surface area contributed by atoms with E-state index >= 15 is 0 Å². The lowest BCUT2D eigenvalue weighted by Crippen LogP contribution is -2.47. The van der Waals surface area contributed by atoms with Gasteiger partial charge >= 0.3 is 0 Å². The number of hydrogen-bond donors (Lipinski definition) is 0. The van der Waals surface area contributed by atoms with Gasteiger partial charge in [0.25, 0.3) is 0 Å². The number of hydrogen-bond acceptors (Lipinski definition) is 7. The van der Waals surface area contributed by atoms with Crippen LogP contribution in [0.3, 0.4) is 0 Å². The van der Waals surface area contributed by atoms with Gasteiger partial charge in [0.2, 0.25) is 16.0 Å². The average molecular weight is 632 g/mol. The Morgan fingerprint density at radius 2 is 1.56 bits per heavy atom. The highest BCUT2D eigenvalue weighted by Crippen LogP contribution is 2.29. The summed E-state index contributed by atoms with van der Waals surface area (Å²) in [5, 5.41) is 0. The van der Waals surface area contributed by atoms with Gasteiger partial charge in [-0.25, -0.2) is 27.2 Å². The number of carbonyl (C=O) groups excluding carboxylic acids is 1. The fourth-order valence-corrected chi connectivity index (χ4v) is 7.79. The standard InChI is InChI=1S/C34H35F2N5O3S/c1-24-7-2-3-8-28(24)30-23-26(37-34(38-30)40-21-19-39(20-22-40)31-10-5-4-9-29(31)36)14-17-33(42)32-11-6-18-41(32)45(43,44)27-15-12-25(35)13-16-27/h2-5,7-10,12-13,15-16,23,32H,6,11,14,17-22H2,1H3/t32-/m0/s1. The number of Topliss-reactive ketones (excluding diaryl/α,β-unsaturated/α-hetero) is 1. The van der Waals surface area contributed by atoms with Crippen molar-refractivity contribution in [2.24, 2.45) is 0 Å². The Morgan fingerprint density at radius 3 is 2.29 bits per heavy atom. The minimum atomic E-state index is -3.94. The second-order valence-electron chi connectivity index (χ2n) is 11.5. The van der Waals surface area contributed by atoms with E-state index in [1.54, 1.807) is 12.1 Å². The second kappa shape index (κ2) is 13.0. The van der Waals surface area contributed by atoms with Crippen LogP contribution in [-0.4, -0.2) is 67.2 Å². The van der Waals surface area contributed by atoms with E-state index in [9.17, 15) is 22.0 Å². The lowest BCUT2D eigenvalue weighted by molar-refractivity contribution is -0.122. The van der Waals surface area contributed by atoms with Gasteiger partial charge in [-0.15, -0.1) is 0 Å². The third kappa shape index (κ3) is 6.60. The zero-order valence-electron chi connectivity index (χ0n) is 25.1. The summed E-state index contributed by atoms with van der Waals surface area (Å²) in [5.74, 6) is -0.395. The molecule has 45 heavy (non-hydrogen) atoms. The van der Waals surface area contributed by atoms with Gasteiger partial charge in [0.1, 0.15) is 11.6 Å². The van der Waals surface area contributed by atoms with E-state index < -0.39 is 21.9 Å². The fraction of sp³-hybridized carbons (Fsp3) is 0.324. The lowest BCUT2D eigenvalue weighted by atomic mass is 10.0. The second-order valence-corrected chi connectivity index (χ2v) is 13.4. The van der Waals surface area contributed by atoms with Gasteiger partial charge in [0.15, 0.2) is 5.78 Å². The summed E-state index contributed by atoms with van der Waals surface area (Å²) in [6.45, 7) is 4.66. The number of halogens is 2. The van der Waals surface area contributed by atoms with Crippen molar-refractivity contribution in [1.82, 2.24) is 14.3 Å². The Hall–Kier alpha value is -4.22. The number of nitrogens with zero attached hydrogens (tertiary/aromatic N) is 5. The van der Waals surface area contributed by atoms with E-state index in [-0.39, 0.29) is 29.5 Å². The number of carbonyl (C=O) groups is 1. The van der Waals surface area contributed by atoms with Crippen molar-refractivity contribution < 1.29 is 22.0 Å². The minimum absolute atomic E-state index is 0.0259. The van der Waals surface area contributed by atoms with Crippen LogP contribution in [0.2, 0.25) is 0 Å². The van der Waals surface area contributed by atoms with Gasteiger partial charge in [-0.3, -0.25) is 4.79 Å². The first-order valence-electron chi connectivity index (χ1n) is 15.2. The first-order chi connectivity index (χ1) is 21.7. The van der Waals surface area contributed by atoms with E-state index in [1.807, 2.05) is 48.2 Å². The number of rotatable bonds is 9. The van der Waals surface area contributed by atoms with Gasteiger partial charge < -0.3 is 9.80 Å². The summed E-state index contributed by atoms with van der Waals surface area (Å²) in [4.78, 5) is 27.3. The number of anilines is 2. The molecule has 4 aromatic rings. The highest BCUT2D eigenvalue weighted by Gasteiger charge is 2.39. The number of sulfonamides is 1. The number of piperazine rings is 1. The third-order valence-electron chi connectivity index (χ3n) is 8.57. The van der Waals surface area contributed by atoms with Crippen LogP contribution in [0, 0.1) is 18.6 Å². The Bertz CT molecular complexity index is 1790. The highest BCUT2D eigenvalue weighted by atomic mass is 32.2. The van der Waals surface area contributed by atoms with Crippen molar-refractivity contribution >= 4 is 27.4 Å². The van der Waals surface area contributed by atoms with Crippen LogP contribution in [0.25, 0.3) is 11.3 Å². The molecule has 0 N–H and O–H groups in total. The Balaban J connectivity index is 1.21. The molecule has 0 unspecified atom stereocenters. The van der Waals surface area contributed by atoms with Gasteiger partial charge in [0.05, 0.1) is 22.3 Å². The van der Waals surface area contributed by atoms with Crippen LogP contribution >= 0.6 is 0 Å². The molecule has 1 aromatic heterocycles. The molecule has 2 saturated heterocycles. The molecule has 0 amide bonds. The number of ketones is 1. The van der Waals surface area contributed by atoms with Gasteiger partial charge in [-0.05, 0) is 74.2 Å². The first-order valence-corrected chi connectivity index (χ1v) is 16.6. The zero-order chi connectivity index (χ0) is 31.6. The van der Waals surface area contributed by atoms with Crippen molar-refractivity contribution in [3.8, 4) is 11.3 Å². The molecule has 0 spiro atoms. The van der Waals surface area contributed by atoms with Gasteiger partial charge in [0, 0.05) is 50.4 Å². The molecular formula is C34H35F2N5O3S. The van der Waals surface area contributed by atoms with E-state index in [4.69, 9.17) is 9.97 Å². The smallest absolute Gasteiger partial charge is 0.243 e. The summed E-state index contributed by atoms with van der Waals surface area (Å²) in [7, 11) is -3.94. The molecule has 0 aliphatic carbocycles. The summed E-state index contributed by atoms with van der Waals surface area (Å²) in [6, 6.07) is 20.5. The molecule has 0 radical (unpaired) electrons. The molecular weight excluding hydrogens is 596 g/mol. The molecule has 2 fully saturated rings. The Labute approximate surface area is 262 Å². The lowest BCUT2D eigenvalue weighted by Gasteiger charge is -2.36. The number of aromatic nitrogens is 2. The molecule has 0 bridgehead atoms. The van der Waals surface area contributed by atoms with Crippen molar-refractivity contribution in [3.05, 3.63) is 102 Å². The van der Waals surface area contributed by atoms with Crippen LogP contribution in [-0.2, 0) is 21.2 Å². The molecule has 2 aliphatic heterocycles. The monoisotopic (exact) mass is 631 g/mol. The van der Waals surface area contributed by atoms with Gasteiger partial charge in [-0.1, -0.05) is 36.4 Å². The van der Waals surface area contributed by atoms with Crippen LogP contribution in [0.4, 0.5) is 20.4 Å². The topological polar surface area (TPSA) is 86.7 Å². The summed E-state index contributed by atoms with van der Waals surface area (Å²) >= 11 is 0. The fourth-order valence-electron chi connectivity index (χ4n) is 6.12. The SMILES string of the molecule is Cc1ccccc1-c1cc(CCC(=O)[C@@H]2CCCN2S(=O)(=O)c2ccc(F)cc2)nc(N2CCN(c3ccccc3F)CC2)n1. The molecule has 1 atom stereocenters. The number of para-hydroxylation sites is 1. The minimum Gasteiger partial charge on any atom is -0.366 e. The summed E-state index contributed by atoms with van der Waals surface area (Å²) in [5.41, 5.74) is 4.04. The van der Waals surface area contributed by atoms with Crippen LogP contribution < -0.4 is 9.80 Å². The van der Waals surface area contributed by atoms with E-state index in [2.05, 4.69) is 4.90 Å². The largest absolute Gasteiger partial charge is 0.366 e. The van der Waals surface area contributed by atoms with Crippen molar-refractivity contribution in [2.75, 3.05) is 42.5 Å². The molecule has 2 aliphatic rings. The van der Waals surface area contributed by atoms with Crippen molar-refractivity contribution in [1.29, 1.82) is 0 Å². The quantitative estimate of drug-likeness (QED) is 0.244. The Morgan fingerprint density at radius 1 is 0.867 bits per heavy atom.